The number of hydrogen-bond donors (Lipinski definition) is 0. The molecule has 16 rings (SSSR count). The van der Waals surface area contributed by atoms with E-state index in [0.717, 1.165) is 175 Å². The SMILES string of the molecule is COC1COCCC1C[C@@H]1C[C@H]2CN(C(C)C)C[C@@]2(C(=O)N2CCc3ncc(C)cc3C2)C1.COC1COCCC1C[C@@H]1C[C@H]2CN(C)C[C@@]2(C(=O)N2CCc3ncc(C)cc3C2)C1.COC1COCCC1C[C@@H]1C[C@H]2CN(CCc3ccccc3)C[C@@]2(C(=O)N2CCc3ncc(C)cc3C2)C1. The molecule has 0 radical (unpaired) electrons. The van der Waals surface area contributed by atoms with Gasteiger partial charge in [0.15, 0.2) is 0 Å². The average molecular weight is 1400 g/mol. The van der Waals surface area contributed by atoms with Gasteiger partial charge >= 0.3 is 0 Å². The van der Waals surface area contributed by atoms with Crippen molar-refractivity contribution in [3.05, 3.63) is 123 Å². The van der Waals surface area contributed by atoms with Crippen LogP contribution in [0.3, 0.4) is 0 Å². The first kappa shape index (κ1) is 73.6. The van der Waals surface area contributed by atoms with Gasteiger partial charge in [0.05, 0.1) is 54.4 Å². The van der Waals surface area contributed by atoms with E-state index in [2.05, 4.69) is 135 Å². The monoisotopic (exact) mass is 1400 g/mol. The summed E-state index contributed by atoms with van der Waals surface area (Å²) < 4.78 is 34.3. The highest BCUT2D eigenvalue weighted by Crippen LogP contribution is 2.58. The molecule has 102 heavy (non-hydrogen) atoms. The third kappa shape index (κ3) is 15.6. The number of ether oxygens (including phenoxy) is 6. The summed E-state index contributed by atoms with van der Waals surface area (Å²) in [5, 5.41) is 0. The highest BCUT2D eigenvalue weighted by atomic mass is 16.5. The van der Waals surface area contributed by atoms with E-state index in [-0.39, 0.29) is 34.6 Å². The minimum atomic E-state index is -0.260. The molecule has 3 aliphatic carbocycles. The largest absolute Gasteiger partial charge is 0.379 e. The lowest BCUT2D eigenvalue weighted by Crippen LogP contribution is -2.49. The fourth-order valence-electron chi connectivity index (χ4n) is 22.2. The smallest absolute Gasteiger partial charge is 0.230 e. The lowest BCUT2D eigenvalue weighted by molar-refractivity contribution is -0.144. The number of amides is 3. The van der Waals surface area contributed by atoms with E-state index >= 15 is 0 Å². The van der Waals surface area contributed by atoms with E-state index in [4.69, 9.17) is 28.4 Å². The van der Waals surface area contributed by atoms with Crippen LogP contribution in [-0.4, -0.2) is 220 Å². The van der Waals surface area contributed by atoms with Crippen molar-refractivity contribution in [1.29, 1.82) is 0 Å². The lowest BCUT2D eigenvalue weighted by atomic mass is 9.78. The standard InChI is InChI=1S/C32H43N3O3.C27H41N3O3.C25H37N3O3/c1-23-14-27-19-35(12-9-29(27)33-18-23)31(36)32-17-25(15-26-10-13-38-21-30(26)37-2)16-28(32)20-34(22-32)11-8-24-6-4-3-5-7-24;1-18(2)30-15-23-11-20(10-21-6-8-33-16-25(21)32-4)12-27(23,17-30)26(31)29-7-5-24-22(14-29)9-19(3)13-28-24;1-17-8-20-13-28(6-4-22(20)26-12-17)24(29)25-11-18(10-21(25)14-27(2)16-25)9-19-5-7-31-15-23(19)30-3/h3-7,14,18,25-26,28,30H,8-13,15-17,19-22H2,1-2H3;9,13,18,20-21,23,25H,5-8,10-12,14-17H2,1-4H3;8,12,18-19,21,23H,4-7,9-11,13-16H2,1-3H3/t25-,26?,28+,30?,32+;20-,21?,23+,25?,27+;18-,19?,21+,23?,25+/m111/s1. The van der Waals surface area contributed by atoms with Gasteiger partial charge in [-0.3, -0.25) is 34.2 Å². The lowest BCUT2D eigenvalue weighted by Gasteiger charge is -2.38. The highest BCUT2D eigenvalue weighted by Gasteiger charge is 2.62. The van der Waals surface area contributed by atoms with Crippen LogP contribution in [0.4, 0.5) is 0 Å². The number of methoxy groups -OCH3 is 3. The Morgan fingerprint density at radius 3 is 1.33 bits per heavy atom. The first-order chi connectivity index (χ1) is 49.4. The van der Waals surface area contributed by atoms with Crippen molar-refractivity contribution in [2.24, 2.45) is 69.5 Å². The first-order valence-electron chi connectivity index (χ1n) is 39.6. The molecule has 556 valence electrons. The summed E-state index contributed by atoms with van der Waals surface area (Å²) in [6, 6.07) is 17.9. The van der Waals surface area contributed by atoms with Gasteiger partial charge in [-0.05, 0) is 217 Å². The first-order valence-corrected chi connectivity index (χ1v) is 39.6. The van der Waals surface area contributed by atoms with Gasteiger partial charge in [-0.15, -0.1) is 0 Å². The highest BCUT2D eigenvalue weighted by molar-refractivity contribution is 5.86. The second kappa shape index (κ2) is 32.0. The van der Waals surface area contributed by atoms with Gasteiger partial charge in [0.2, 0.25) is 17.7 Å². The van der Waals surface area contributed by atoms with Crippen LogP contribution in [0.25, 0.3) is 0 Å². The van der Waals surface area contributed by atoms with Crippen molar-refractivity contribution >= 4 is 17.7 Å². The molecule has 3 saturated carbocycles. The molecule has 12 heterocycles. The van der Waals surface area contributed by atoms with Gasteiger partial charge in [0.1, 0.15) is 0 Å². The number of hydrogen-bond acceptors (Lipinski definition) is 15. The zero-order valence-corrected chi connectivity index (χ0v) is 63.3. The molecule has 0 bridgehead atoms. The predicted molar refractivity (Wildman–Crippen MR) is 394 cm³/mol. The van der Waals surface area contributed by atoms with Gasteiger partial charge in [-0.25, -0.2) is 0 Å². The van der Waals surface area contributed by atoms with Crippen LogP contribution < -0.4 is 0 Å². The normalized spacial score (nSPS) is 33.7. The number of rotatable bonds is 16. The van der Waals surface area contributed by atoms with E-state index in [1.54, 1.807) is 7.11 Å². The second-order valence-electron chi connectivity index (χ2n) is 34.4. The number of aryl methyl sites for hydroxylation is 3. The molecule has 0 spiro atoms. The number of nitrogens with zero attached hydrogens (tertiary/aromatic N) is 9. The van der Waals surface area contributed by atoms with E-state index in [0.29, 0.717) is 103 Å². The molecular formula is C84H121N9O9. The quantitative estimate of drug-likeness (QED) is 0.104. The average Bonchev–Trinajstić information content (AvgIpc) is 1.59. The van der Waals surface area contributed by atoms with Crippen molar-refractivity contribution in [3.63, 3.8) is 0 Å². The fourth-order valence-corrected chi connectivity index (χ4v) is 22.2. The Morgan fingerprint density at radius 1 is 0.529 bits per heavy atom. The van der Waals surface area contributed by atoms with Crippen molar-refractivity contribution in [2.75, 3.05) is 133 Å². The second-order valence-corrected chi connectivity index (χ2v) is 34.4. The van der Waals surface area contributed by atoms with Gasteiger partial charge in [-0.2, -0.15) is 0 Å². The van der Waals surface area contributed by atoms with Crippen LogP contribution in [0.1, 0.15) is 147 Å². The van der Waals surface area contributed by atoms with Gasteiger partial charge in [-0.1, -0.05) is 48.5 Å². The van der Waals surface area contributed by atoms with Gasteiger partial charge in [0.25, 0.3) is 0 Å². The van der Waals surface area contributed by atoms with E-state index in [1.807, 2.05) is 32.8 Å². The summed E-state index contributed by atoms with van der Waals surface area (Å²) in [5.74, 6) is 6.04. The summed E-state index contributed by atoms with van der Waals surface area (Å²) in [5.41, 5.74) is 11.4. The molecule has 12 aliphatic rings. The predicted octanol–water partition coefficient (Wildman–Crippen LogP) is 10.4. The molecule has 0 N–H and O–H groups in total. The third-order valence-corrected chi connectivity index (χ3v) is 27.3. The van der Waals surface area contributed by atoms with Crippen LogP contribution >= 0.6 is 0 Å². The Morgan fingerprint density at radius 2 is 0.922 bits per heavy atom. The topological polar surface area (TPSA) is 165 Å². The summed E-state index contributed by atoms with van der Waals surface area (Å²) in [7, 11) is 7.61. The molecule has 3 amide bonds. The number of carbonyl (C=O) groups excluding carboxylic acids is 3. The Kier molecular flexibility index (Phi) is 23.1. The minimum Gasteiger partial charge on any atom is -0.379 e. The fraction of sp³-hybridized carbons (Fsp3) is 0.714. The van der Waals surface area contributed by atoms with E-state index < -0.39 is 0 Å². The summed E-state index contributed by atoms with van der Waals surface area (Å²) >= 11 is 0. The molecule has 1 aromatic carbocycles. The van der Waals surface area contributed by atoms with Crippen LogP contribution in [-0.2, 0) is 88.1 Å². The number of pyridine rings is 3. The van der Waals surface area contributed by atoms with Crippen LogP contribution in [0, 0.1) is 90.3 Å². The number of carbonyl (C=O) groups is 3. The Bertz CT molecular complexity index is 3540. The number of aromatic nitrogens is 3. The van der Waals surface area contributed by atoms with Crippen molar-refractivity contribution < 1.29 is 42.8 Å². The number of fused-ring (bicyclic) bond motifs is 6. The maximum absolute atomic E-state index is 14.5. The zero-order chi connectivity index (χ0) is 70.9. The van der Waals surface area contributed by atoms with E-state index in [1.165, 1.54) is 81.7 Å². The number of likely N-dealkylation sites (tertiary alicyclic amines) is 3. The summed E-state index contributed by atoms with van der Waals surface area (Å²) in [4.78, 5) is 70.7. The van der Waals surface area contributed by atoms with Crippen molar-refractivity contribution in [2.45, 2.75) is 181 Å². The van der Waals surface area contributed by atoms with Crippen molar-refractivity contribution in [3.8, 4) is 0 Å². The summed E-state index contributed by atoms with van der Waals surface area (Å²) in [6.07, 6.45) is 23.4. The molecule has 9 fully saturated rings. The molecule has 6 unspecified atom stereocenters. The minimum absolute atomic E-state index is 0.188. The number of benzene rings is 1. The van der Waals surface area contributed by atoms with Crippen LogP contribution in [0.2, 0.25) is 0 Å². The Balaban J connectivity index is 0.000000130. The molecule has 6 saturated heterocycles. The zero-order valence-electron chi connectivity index (χ0n) is 63.3. The Hall–Kier alpha value is -5.28. The van der Waals surface area contributed by atoms with Gasteiger partial charge in [0, 0.05) is 187 Å². The molecule has 18 heteroatoms. The molecule has 9 aliphatic heterocycles. The third-order valence-electron chi connectivity index (χ3n) is 27.3. The van der Waals surface area contributed by atoms with Gasteiger partial charge < -0.3 is 52.9 Å². The maximum atomic E-state index is 14.5. The van der Waals surface area contributed by atoms with Crippen LogP contribution in [0.5, 0.6) is 0 Å². The summed E-state index contributed by atoms with van der Waals surface area (Å²) in [6.45, 7) is 26.9. The molecule has 4 aromatic rings. The molecule has 15 atom stereocenters. The molecule has 18 nitrogen and oxygen atoms in total. The Labute approximate surface area is 609 Å². The maximum Gasteiger partial charge on any atom is 0.230 e. The van der Waals surface area contributed by atoms with E-state index in [9.17, 15) is 14.4 Å². The molecular weight excluding hydrogens is 1280 g/mol. The molecule has 3 aromatic heterocycles. The van der Waals surface area contributed by atoms with Crippen LogP contribution in [0.15, 0.2) is 67.1 Å². The van der Waals surface area contributed by atoms with Crippen molar-refractivity contribution in [1.82, 2.24) is 44.4 Å².